The van der Waals surface area contributed by atoms with Gasteiger partial charge in [-0.25, -0.2) is 14.6 Å². The third kappa shape index (κ3) is 2.35. The highest BCUT2D eigenvalue weighted by Gasteiger charge is 2.25. The van der Waals surface area contributed by atoms with Crippen molar-refractivity contribution in [3.63, 3.8) is 0 Å². The van der Waals surface area contributed by atoms with Gasteiger partial charge in [0, 0.05) is 23.9 Å². The topological polar surface area (TPSA) is 87.4 Å². The van der Waals surface area contributed by atoms with Crippen molar-refractivity contribution in [1.29, 1.82) is 0 Å². The molecule has 132 valence electrons. The van der Waals surface area contributed by atoms with E-state index in [1.807, 2.05) is 41.5 Å². The van der Waals surface area contributed by atoms with Gasteiger partial charge < -0.3 is 5.73 Å². The molecule has 7 nitrogen and oxygen atoms in total. The number of rotatable bonds is 3. The Kier molecular flexibility index (Phi) is 3.72. The number of nitrogens with zero attached hydrogens (tertiary/aromatic N) is 6. The van der Waals surface area contributed by atoms with Gasteiger partial charge in [0.25, 0.3) is 0 Å². The lowest BCUT2D eigenvalue weighted by atomic mass is 10.0. The second-order valence-electron chi connectivity index (χ2n) is 6.50. The van der Waals surface area contributed by atoms with E-state index in [9.17, 15) is 0 Å². The highest BCUT2D eigenvalue weighted by molar-refractivity contribution is 5.88. The van der Waals surface area contributed by atoms with E-state index in [1.165, 1.54) is 6.33 Å². The third-order valence-electron chi connectivity index (χ3n) is 4.91. The fourth-order valence-electron chi connectivity index (χ4n) is 3.50. The van der Waals surface area contributed by atoms with Crippen LogP contribution in [0.2, 0.25) is 0 Å². The van der Waals surface area contributed by atoms with Crippen molar-refractivity contribution in [2.24, 2.45) is 7.05 Å². The fraction of sp³-hybridized carbons (Fsp3) is 0.263. The summed E-state index contributed by atoms with van der Waals surface area (Å²) in [6.07, 6.45) is 1.48. The maximum atomic E-state index is 6.04. The van der Waals surface area contributed by atoms with Crippen LogP contribution in [0.4, 0.5) is 5.82 Å². The first kappa shape index (κ1) is 16.3. The van der Waals surface area contributed by atoms with Crippen molar-refractivity contribution >= 4 is 16.9 Å². The van der Waals surface area contributed by atoms with Crippen molar-refractivity contribution in [3.8, 4) is 11.3 Å². The summed E-state index contributed by atoms with van der Waals surface area (Å²) >= 11 is 0. The molecule has 26 heavy (non-hydrogen) atoms. The van der Waals surface area contributed by atoms with E-state index in [0.717, 1.165) is 39.2 Å². The number of anilines is 1. The van der Waals surface area contributed by atoms with Crippen LogP contribution in [0.1, 0.15) is 29.9 Å². The van der Waals surface area contributed by atoms with Crippen LogP contribution < -0.4 is 5.73 Å². The molecule has 0 aliphatic rings. The molecule has 0 spiro atoms. The molecule has 0 bridgehead atoms. The Balaban J connectivity index is 1.94. The molecule has 4 rings (SSSR count). The summed E-state index contributed by atoms with van der Waals surface area (Å²) < 4.78 is 3.83. The number of fused-ring (bicyclic) bond motifs is 1. The number of hydrogen-bond acceptors (Lipinski definition) is 5. The van der Waals surface area contributed by atoms with Gasteiger partial charge >= 0.3 is 0 Å². The maximum Gasteiger partial charge on any atom is 0.164 e. The average molecular weight is 347 g/mol. The lowest BCUT2D eigenvalue weighted by Crippen LogP contribution is -2.11. The zero-order valence-electron chi connectivity index (χ0n) is 15.3. The number of nitrogen functional groups attached to an aromatic ring is 1. The van der Waals surface area contributed by atoms with Gasteiger partial charge in [0.05, 0.1) is 22.8 Å². The Labute approximate surface area is 151 Å². The number of aryl methyl sites for hydroxylation is 2. The van der Waals surface area contributed by atoms with Crippen LogP contribution in [0, 0.1) is 13.8 Å². The minimum absolute atomic E-state index is 0.0515. The van der Waals surface area contributed by atoms with Crippen molar-refractivity contribution in [1.82, 2.24) is 29.5 Å². The van der Waals surface area contributed by atoms with Gasteiger partial charge in [-0.3, -0.25) is 4.68 Å². The van der Waals surface area contributed by atoms with Gasteiger partial charge in [0.15, 0.2) is 5.65 Å². The highest BCUT2D eigenvalue weighted by atomic mass is 15.3. The van der Waals surface area contributed by atoms with E-state index >= 15 is 0 Å². The molecule has 7 heteroatoms. The molecule has 0 aliphatic heterocycles. The zero-order chi connectivity index (χ0) is 18.4. The Hall–Kier alpha value is -3.22. The van der Waals surface area contributed by atoms with Gasteiger partial charge in [-0.15, -0.1) is 0 Å². The molecule has 0 fully saturated rings. The number of benzene rings is 1. The summed E-state index contributed by atoms with van der Waals surface area (Å²) in [6, 6.07) is 10.1. The Morgan fingerprint density at radius 2 is 1.77 bits per heavy atom. The van der Waals surface area contributed by atoms with Crippen LogP contribution in [-0.2, 0) is 7.05 Å². The lowest BCUT2D eigenvalue weighted by Gasteiger charge is -2.15. The molecule has 4 aromatic rings. The molecule has 0 aliphatic carbocycles. The Bertz CT molecular complexity index is 1090. The molecule has 2 N–H and O–H groups in total. The average Bonchev–Trinajstić information content (AvgIpc) is 3.14. The van der Waals surface area contributed by atoms with E-state index in [2.05, 4.69) is 35.9 Å². The number of hydrogen-bond donors (Lipinski definition) is 1. The van der Waals surface area contributed by atoms with Crippen molar-refractivity contribution in [2.75, 3.05) is 5.73 Å². The minimum atomic E-state index is -0.0515. The summed E-state index contributed by atoms with van der Waals surface area (Å²) in [5.74, 6) is 0.456. The van der Waals surface area contributed by atoms with E-state index in [-0.39, 0.29) is 6.04 Å². The Morgan fingerprint density at radius 3 is 2.50 bits per heavy atom. The first-order chi connectivity index (χ1) is 12.5. The normalized spacial score (nSPS) is 12.6. The van der Waals surface area contributed by atoms with Crippen LogP contribution in [0.5, 0.6) is 0 Å². The van der Waals surface area contributed by atoms with Gasteiger partial charge in [0.1, 0.15) is 12.1 Å². The summed E-state index contributed by atoms with van der Waals surface area (Å²) in [5.41, 5.74) is 11.9. The van der Waals surface area contributed by atoms with E-state index < -0.39 is 0 Å². The van der Waals surface area contributed by atoms with Crippen molar-refractivity contribution in [3.05, 3.63) is 53.6 Å². The van der Waals surface area contributed by atoms with Crippen LogP contribution >= 0.6 is 0 Å². The van der Waals surface area contributed by atoms with Crippen molar-refractivity contribution in [2.45, 2.75) is 26.8 Å². The largest absolute Gasteiger partial charge is 0.383 e. The Morgan fingerprint density at radius 1 is 1.04 bits per heavy atom. The summed E-state index contributed by atoms with van der Waals surface area (Å²) in [6.45, 7) is 6.12. The molecule has 0 amide bonds. The molecule has 0 saturated carbocycles. The highest BCUT2D eigenvalue weighted by Crippen LogP contribution is 2.34. The van der Waals surface area contributed by atoms with E-state index in [4.69, 9.17) is 15.9 Å². The standard InChI is InChI=1S/C19H21N7/c1-11-15-18(20)21-10-22-19(15)26(23-11)13(3)16-12(2)25(4)24-17(16)14-8-6-5-7-9-14/h5-10,13H,1-4H3,(H2,20,21,22). The van der Waals surface area contributed by atoms with Crippen LogP contribution in [0.25, 0.3) is 22.3 Å². The van der Waals surface area contributed by atoms with E-state index in [0.29, 0.717) is 5.82 Å². The molecule has 3 heterocycles. The quantitative estimate of drug-likeness (QED) is 0.615. The summed E-state index contributed by atoms with van der Waals surface area (Å²) in [7, 11) is 1.96. The molecular formula is C19H21N7. The van der Waals surface area contributed by atoms with Crippen LogP contribution in [0.3, 0.4) is 0 Å². The molecule has 1 aromatic carbocycles. The predicted octanol–water partition coefficient (Wildman–Crippen LogP) is 3.04. The molecular weight excluding hydrogens is 326 g/mol. The maximum absolute atomic E-state index is 6.04. The SMILES string of the molecule is Cc1nn(C(C)c2c(-c3ccccc3)nn(C)c2C)c2ncnc(N)c12. The zero-order valence-corrected chi connectivity index (χ0v) is 15.3. The predicted molar refractivity (Wildman–Crippen MR) is 102 cm³/mol. The monoisotopic (exact) mass is 347 g/mol. The number of aromatic nitrogens is 6. The third-order valence-corrected chi connectivity index (χ3v) is 4.91. The summed E-state index contributed by atoms with van der Waals surface area (Å²) in [5, 5.41) is 10.3. The van der Waals surface area contributed by atoms with E-state index in [1.54, 1.807) is 0 Å². The fourth-order valence-corrected chi connectivity index (χ4v) is 3.50. The molecule has 0 saturated heterocycles. The summed E-state index contributed by atoms with van der Waals surface area (Å²) in [4.78, 5) is 8.53. The van der Waals surface area contributed by atoms with Gasteiger partial charge in [-0.05, 0) is 20.8 Å². The number of nitrogens with two attached hydrogens (primary N) is 1. The van der Waals surface area contributed by atoms with Gasteiger partial charge in [-0.2, -0.15) is 10.2 Å². The lowest BCUT2D eigenvalue weighted by molar-refractivity contribution is 0.571. The van der Waals surface area contributed by atoms with Gasteiger partial charge in [-0.1, -0.05) is 30.3 Å². The van der Waals surface area contributed by atoms with Gasteiger partial charge in [0.2, 0.25) is 0 Å². The first-order valence-corrected chi connectivity index (χ1v) is 8.53. The minimum Gasteiger partial charge on any atom is -0.383 e. The smallest absolute Gasteiger partial charge is 0.164 e. The van der Waals surface area contributed by atoms with Crippen LogP contribution in [0.15, 0.2) is 36.7 Å². The molecule has 3 aromatic heterocycles. The second kappa shape index (κ2) is 5.94. The first-order valence-electron chi connectivity index (χ1n) is 8.53. The molecule has 1 unspecified atom stereocenters. The van der Waals surface area contributed by atoms with Crippen LogP contribution in [-0.4, -0.2) is 29.5 Å². The molecule has 0 radical (unpaired) electrons. The molecule has 1 atom stereocenters. The van der Waals surface area contributed by atoms with Crippen molar-refractivity contribution < 1.29 is 0 Å². The second-order valence-corrected chi connectivity index (χ2v) is 6.50.